The van der Waals surface area contributed by atoms with Crippen LogP contribution in [0.4, 0.5) is 9.59 Å². The van der Waals surface area contributed by atoms with Gasteiger partial charge in [-0.1, -0.05) is 0 Å². The van der Waals surface area contributed by atoms with E-state index in [0.717, 1.165) is 9.80 Å². The average Bonchev–Trinajstić information content (AvgIpc) is 3.71. The van der Waals surface area contributed by atoms with E-state index in [1.807, 2.05) is 0 Å². The molecule has 0 spiro atoms. The summed E-state index contributed by atoms with van der Waals surface area (Å²) in [4.78, 5) is 139. The molecule has 2 rings (SSSR count). The summed E-state index contributed by atoms with van der Waals surface area (Å²) in [6, 6.07) is 0. The quantitative estimate of drug-likeness (QED) is 0.0168. The molecule has 0 aliphatic carbocycles. The van der Waals surface area contributed by atoms with Crippen molar-refractivity contribution in [2.75, 3.05) is 72.2 Å². The second kappa shape index (κ2) is 31.5. The Hall–Kier alpha value is -4.35. The number of carbonyl (C=O) groups is 11. The molecule has 2 aliphatic rings. The van der Waals surface area contributed by atoms with Gasteiger partial charge in [0.1, 0.15) is 37.8 Å². The highest BCUT2D eigenvalue weighted by molar-refractivity contribution is 8.02. The summed E-state index contributed by atoms with van der Waals surface area (Å²) in [5.74, 6) is -5.84. The molecule has 2 aliphatic heterocycles. The number of thiol groups is 2. The number of hydrogen-bond acceptors (Lipinski definition) is 20. The van der Waals surface area contributed by atoms with Crippen molar-refractivity contribution in [3.63, 3.8) is 0 Å². The minimum atomic E-state index is -1.11. The fourth-order valence-electron chi connectivity index (χ4n) is 5.90. The molecule has 0 radical (unpaired) electrons. The van der Waals surface area contributed by atoms with Gasteiger partial charge in [-0.15, -0.1) is 0 Å². The monoisotopic (exact) mass is 988 g/mol. The van der Waals surface area contributed by atoms with Gasteiger partial charge in [-0.25, -0.2) is 16.8 Å². The van der Waals surface area contributed by atoms with Gasteiger partial charge in [0.05, 0.1) is 12.8 Å². The highest BCUT2D eigenvalue weighted by atomic mass is 32.2. The molecule has 64 heavy (non-hydrogen) atoms. The average molecular weight is 989 g/mol. The first-order valence-corrected chi connectivity index (χ1v) is 22.5. The minimum Gasteiger partial charge on any atom is -0.447 e. The van der Waals surface area contributed by atoms with Crippen molar-refractivity contribution in [1.29, 1.82) is 2.25 Å². The zero-order valence-corrected chi connectivity index (χ0v) is 38.6. The van der Waals surface area contributed by atoms with Crippen LogP contribution < -0.4 is 31.9 Å². The van der Waals surface area contributed by atoms with Gasteiger partial charge in [-0.2, -0.15) is 0 Å². The Morgan fingerprint density at radius 1 is 0.656 bits per heavy atom. The van der Waals surface area contributed by atoms with E-state index < -0.39 is 101 Å². The Balaban J connectivity index is 1.91. The third kappa shape index (κ3) is 21.6. The molecule has 2 atom stereocenters. The highest BCUT2D eigenvalue weighted by Crippen LogP contribution is 2.27. The molecule has 360 valence electrons. The van der Waals surface area contributed by atoms with Gasteiger partial charge in [-0.3, -0.25) is 53.0 Å². The first kappa shape index (κ1) is 52.3. The Morgan fingerprint density at radius 2 is 1.08 bits per heavy atom. The molecule has 0 saturated carbocycles. The molecule has 0 aromatic carbocycles. The number of amides is 10. The number of rotatable bonds is 34. The summed E-state index contributed by atoms with van der Waals surface area (Å²) in [7, 11) is 0. The normalized spacial score (nSPS) is 16.8. The van der Waals surface area contributed by atoms with Crippen LogP contribution >= 0.6 is 49.7 Å². The summed E-state index contributed by atoms with van der Waals surface area (Å²) in [5.41, 5.74) is 0. The van der Waals surface area contributed by atoms with Crippen LogP contribution in [0, 0.1) is 5.92 Å². The summed E-state index contributed by atoms with van der Waals surface area (Å²) < 4.78 is 39.3. The number of imide groups is 2. The second-order valence-corrected chi connectivity index (χ2v) is 16.4. The summed E-state index contributed by atoms with van der Waals surface area (Å²) in [5, 5.41) is 13.6. The van der Waals surface area contributed by atoms with Gasteiger partial charge in [0.25, 0.3) is 0 Å². The van der Waals surface area contributed by atoms with Gasteiger partial charge >= 0.3 is 12.2 Å². The number of carbonyl (C=O) groups excluding carboxylic acids is 11. The second-order valence-electron chi connectivity index (χ2n) is 13.8. The molecule has 24 nitrogen and oxygen atoms in total. The predicted molar refractivity (Wildman–Crippen MR) is 234 cm³/mol. The summed E-state index contributed by atoms with van der Waals surface area (Å²) in [6.45, 7) is 2.84. The number of ketones is 1. The van der Waals surface area contributed by atoms with E-state index >= 15 is 0 Å². The zero-order valence-electron chi connectivity index (χ0n) is 37.3. The fraction of sp³-hybridized carbons (Fsp3) is 0.694. The summed E-state index contributed by atoms with van der Waals surface area (Å²) >= 11 is 1.96. The van der Waals surface area contributed by atoms with Gasteiger partial charge in [0.2, 0.25) is 47.3 Å². The Bertz CT molecular complexity index is 1590. The summed E-state index contributed by atoms with van der Waals surface area (Å²) in [6.07, 6.45) is -3.84. The van der Waals surface area contributed by atoms with E-state index in [1.54, 1.807) is 13.8 Å². The Morgan fingerprint density at radius 3 is 1.48 bits per heavy atom. The maximum atomic E-state index is 13.4. The number of nitrogens with zero attached hydrogens (tertiary/aromatic N) is 2. The van der Waals surface area contributed by atoms with E-state index in [1.165, 1.54) is 0 Å². The third-order valence-electron chi connectivity index (χ3n) is 9.06. The smallest absolute Gasteiger partial charge is 0.407 e. The third-order valence-corrected chi connectivity index (χ3v) is 10.9. The van der Waals surface area contributed by atoms with Crippen LogP contribution in [0.25, 0.3) is 0 Å². The van der Waals surface area contributed by atoms with Crippen molar-refractivity contribution >= 4 is 115 Å². The van der Waals surface area contributed by atoms with E-state index in [-0.39, 0.29) is 97.6 Å². The molecule has 0 bridgehead atoms. The van der Waals surface area contributed by atoms with E-state index in [2.05, 4.69) is 31.9 Å². The van der Waals surface area contributed by atoms with E-state index in [4.69, 9.17) is 23.7 Å². The molecule has 0 aromatic rings. The molecule has 2 saturated heterocycles. The van der Waals surface area contributed by atoms with Crippen LogP contribution in [0.2, 0.25) is 0 Å². The molecule has 28 heteroatoms. The number of alkyl carbamates (subject to hydrolysis) is 2. The van der Waals surface area contributed by atoms with Crippen molar-refractivity contribution in [3.05, 3.63) is 0 Å². The maximum Gasteiger partial charge on any atom is 0.407 e. The molecule has 2 heterocycles. The standard InChI is InChI=1S/C36H56N8O16S4/c1-3-37-35(54)57-20-23(21-58-36(55)38-4-2)56-15-5-6-24(45)22(16-29(48)41-11-9-39-27(46)7-13-43-31(50)18-25(33(43)52)63-59-61)17-30(49)42-12-10-40-28(47)8-14-44-32(51)19-26(34(44)53)64-60-62/h22-23,25-26,61-62H,3-21H2,1-2H3,(H,37,54)(H,38,55)(H,39,46)(H,40,47)(H,41,48)(H,42,49)/i/hT2. The van der Waals surface area contributed by atoms with Crippen LogP contribution in [-0.4, -0.2) is 166 Å². The van der Waals surface area contributed by atoms with Crippen molar-refractivity contribution in [3.8, 4) is 0 Å². The highest BCUT2D eigenvalue weighted by Gasteiger charge is 2.40. The lowest BCUT2D eigenvalue weighted by Gasteiger charge is -2.19. The number of nitrogens with one attached hydrogen (secondary N) is 6. The van der Waals surface area contributed by atoms with Gasteiger partial charge in [0, 0.05) is 121 Å². The number of hydrogen-bond donors (Lipinski definition) is 8. The predicted octanol–water partition coefficient (Wildman–Crippen LogP) is -0.871. The number of Topliss-reactive ketones (excluding diaryl/α,β-unsaturated/α-hetero) is 1. The molecular formula is C36H56N8O16S4. The maximum absolute atomic E-state index is 13.4. The van der Waals surface area contributed by atoms with Crippen LogP contribution in [0.5, 0.6) is 0 Å². The van der Waals surface area contributed by atoms with Crippen molar-refractivity contribution in [2.45, 2.75) is 81.8 Å². The Labute approximate surface area is 391 Å². The molecule has 10 amide bonds. The molecule has 2 fully saturated rings. The zero-order chi connectivity index (χ0) is 48.9. The molecule has 2 unspecified atom stereocenters. The van der Waals surface area contributed by atoms with Crippen LogP contribution in [0.1, 0.15) is 65.2 Å². The van der Waals surface area contributed by atoms with Crippen molar-refractivity contribution in [1.82, 2.24) is 41.7 Å². The first-order chi connectivity index (χ1) is 31.6. The minimum absolute atomic E-state index is 0.0401. The topological polar surface area (TPSA) is 313 Å². The lowest BCUT2D eigenvalue weighted by Crippen LogP contribution is -2.39. The SMILES string of the molecule is [3H]SOSC1CC(=O)N(CCC(=O)NCCNC(=O)CC(CC(=O)NCCNC(=O)CCN2C(=O)CC(SOS[3H])C2=O)C(=O)CCCOC(COC(=O)NCC)COC(=O)NCC)C1=O. The lowest BCUT2D eigenvalue weighted by molar-refractivity contribution is -0.140. The van der Waals surface area contributed by atoms with Gasteiger partial charge in [-0.05, 0) is 45.9 Å². The van der Waals surface area contributed by atoms with Crippen molar-refractivity contribution < 1.29 is 74.2 Å². The molecular weight excluding hydrogens is 929 g/mol. The van der Waals surface area contributed by atoms with Crippen molar-refractivity contribution in [2.24, 2.45) is 5.92 Å². The first-order valence-electron chi connectivity index (χ1n) is 21.1. The van der Waals surface area contributed by atoms with Crippen LogP contribution in [0.15, 0.2) is 0 Å². The largest absolute Gasteiger partial charge is 0.447 e. The van der Waals surface area contributed by atoms with Crippen LogP contribution in [-0.2, 0) is 64.6 Å². The van der Waals surface area contributed by atoms with E-state index in [0.29, 0.717) is 62.8 Å². The van der Waals surface area contributed by atoms with Crippen LogP contribution in [0.3, 0.4) is 0 Å². The van der Waals surface area contributed by atoms with Gasteiger partial charge < -0.3 is 46.1 Å². The number of ether oxygens (including phenoxy) is 3. The molecule has 6 N–H and O–H groups in total. The van der Waals surface area contributed by atoms with E-state index in [9.17, 15) is 52.7 Å². The van der Waals surface area contributed by atoms with Gasteiger partial charge in [0.15, 0.2) is 0 Å². The lowest BCUT2D eigenvalue weighted by atomic mass is 9.92. The Kier molecular flexibility index (Phi) is 25.7. The fourth-order valence-corrected chi connectivity index (χ4v) is 7.50. The molecule has 0 aromatic heterocycles. The number of likely N-dealkylation sites (tertiary alicyclic amines) is 2.